The molecule has 1 unspecified atom stereocenters. The number of halogens is 1. The molecule has 0 radical (unpaired) electrons. The highest BCUT2D eigenvalue weighted by atomic mass is 35.5. The number of H-pyrrole nitrogens is 1. The van der Waals surface area contributed by atoms with Crippen molar-refractivity contribution in [2.24, 2.45) is 0 Å². The van der Waals surface area contributed by atoms with Crippen LogP contribution in [-0.2, 0) is 0 Å². The zero-order valence-electron chi connectivity index (χ0n) is 15.5. The molecule has 1 N–H and O–H groups in total. The van der Waals surface area contributed by atoms with Gasteiger partial charge < -0.3 is 14.5 Å². The molecule has 0 saturated carbocycles. The van der Waals surface area contributed by atoms with Crippen LogP contribution >= 0.6 is 12.4 Å². The average molecular weight is 402 g/mol. The van der Waals surface area contributed by atoms with E-state index < -0.39 is 0 Å². The quantitative estimate of drug-likeness (QED) is 0.732. The summed E-state index contributed by atoms with van der Waals surface area (Å²) in [5, 5.41) is 0. The fourth-order valence-corrected chi connectivity index (χ4v) is 4.24. The summed E-state index contributed by atoms with van der Waals surface area (Å²) in [4.78, 5) is 17.8. The Kier molecular flexibility index (Phi) is 5.33. The molecule has 3 aromatic rings. The number of aromatic nitrogens is 2. The monoisotopic (exact) mass is 401 g/mol. The topological polar surface area (TPSA) is 59.5 Å². The van der Waals surface area contributed by atoms with Crippen LogP contribution in [0.1, 0.15) is 18.9 Å². The van der Waals surface area contributed by atoms with Gasteiger partial charge in [0.15, 0.2) is 11.5 Å². The van der Waals surface area contributed by atoms with E-state index >= 15 is 0 Å². The van der Waals surface area contributed by atoms with Crippen LogP contribution in [0.3, 0.4) is 0 Å². The third-order valence-electron chi connectivity index (χ3n) is 5.58. The van der Waals surface area contributed by atoms with Gasteiger partial charge in [0, 0.05) is 25.7 Å². The van der Waals surface area contributed by atoms with Gasteiger partial charge in [0.2, 0.25) is 0 Å². The Bertz CT molecular complexity index is 1010. The summed E-state index contributed by atoms with van der Waals surface area (Å²) in [5.74, 6) is 1.65. The number of likely N-dealkylation sites (tertiary alicyclic amines) is 1. The van der Waals surface area contributed by atoms with Crippen LogP contribution in [0.2, 0.25) is 0 Å². The Morgan fingerprint density at radius 1 is 1.00 bits per heavy atom. The van der Waals surface area contributed by atoms with Crippen molar-refractivity contribution in [2.75, 3.05) is 26.2 Å². The normalized spacial score (nSPS) is 20.1. The smallest absolute Gasteiger partial charge is 0.326 e. The molecule has 2 aromatic carbocycles. The Balaban J connectivity index is 0.00000192. The maximum atomic E-state index is 12.4. The van der Waals surface area contributed by atoms with Crippen LogP contribution in [0.4, 0.5) is 0 Å². The van der Waals surface area contributed by atoms with E-state index in [-0.39, 0.29) is 30.2 Å². The molecule has 0 spiro atoms. The lowest BCUT2D eigenvalue weighted by Gasteiger charge is -2.36. The lowest BCUT2D eigenvalue weighted by Crippen LogP contribution is -2.45. The molecular weight excluding hydrogens is 378 g/mol. The maximum absolute atomic E-state index is 12.4. The van der Waals surface area contributed by atoms with Gasteiger partial charge in [-0.1, -0.05) is 24.3 Å². The van der Waals surface area contributed by atoms with E-state index in [1.54, 1.807) is 0 Å². The van der Waals surface area contributed by atoms with Crippen molar-refractivity contribution in [2.45, 2.75) is 25.0 Å². The SMILES string of the molecule is Cl.O=c1[nH]c2ccccc2n1C1CCN(CC2COc3ccccc3O2)CC1. The van der Waals surface area contributed by atoms with Gasteiger partial charge in [-0.05, 0) is 37.1 Å². The molecule has 28 heavy (non-hydrogen) atoms. The summed E-state index contributed by atoms with van der Waals surface area (Å²) >= 11 is 0. The maximum Gasteiger partial charge on any atom is 0.326 e. The van der Waals surface area contributed by atoms with Gasteiger partial charge in [-0.15, -0.1) is 12.4 Å². The molecule has 7 heteroatoms. The van der Waals surface area contributed by atoms with Crippen LogP contribution in [-0.4, -0.2) is 46.8 Å². The van der Waals surface area contributed by atoms with Gasteiger partial charge in [-0.2, -0.15) is 0 Å². The van der Waals surface area contributed by atoms with E-state index in [0.717, 1.165) is 55.0 Å². The Morgan fingerprint density at radius 2 is 1.71 bits per heavy atom. The lowest BCUT2D eigenvalue weighted by atomic mass is 10.0. The van der Waals surface area contributed by atoms with E-state index in [1.807, 2.05) is 53.1 Å². The number of ether oxygens (including phenoxy) is 2. The van der Waals surface area contributed by atoms with Crippen LogP contribution in [0.15, 0.2) is 53.3 Å². The first-order valence-corrected chi connectivity index (χ1v) is 9.58. The van der Waals surface area contributed by atoms with E-state index in [4.69, 9.17) is 9.47 Å². The number of benzene rings is 2. The number of fused-ring (bicyclic) bond motifs is 2. The molecule has 5 rings (SSSR count). The first-order chi connectivity index (χ1) is 13.3. The van der Waals surface area contributed by atoms with E-state index in [2.05, 4.69) is 9.88 Å². The second kappa shape index (κ2) is 7.89. The molecule has 0 aliphatic carbocycles. The minimum atomic E-state index is -0.00438. The number of hydrogen-bond donors (Lipinski definition) is 1. The summed E-state index contributed by atoms with van der Waals surface area (Å²) in [5.41, 5.74) is 1.91. The number of aromatic amines is 1. The van der Waals surface area contributed by atoms with Gasteiger partial charge >= 0.3 is 5.69 Å². The van der Waals surface area contributed by atoms with Crippen molar-refractivity contribution in [3.63, 3.8) is 0 Å². The van der Waals surface area contributed by atoms with Crippen LogP contribution < -0.4 is 15.2 Å². The second-order valence-corrected chi connectivity index (χ2v) is 7.35. The number of para-hydroxylation sites is 4. The zero-order chi connectivity index (χ0) is 18.2. The molecule has 148 valence electrons. The highest BCUT2D eigenvalue weighted by molar-refractivity contribution is 5.85. The first-order valence-electron chi connectivity index (χ1n) is 9.58. The van der Waals surface area contributed by atoms with Crippen LogP contribution in [0.25, 0.3) is 11.0 Å². The number of rotatable bonds is 3. The van der Waals surface area contributed by atoms with Crippen molar-refractivity contribution in [3.8, 4) is 11.5 Å². The molecule has 1 atom stereocenters. The van der Waals surface area contributed by atoms with E-state index in [0.29, 0.717) is 6.61 Å². The number of hydrogen-bond acceptors (Lipinski definition) is 4. The predicted octanol–water partition coefficient (Wildman–Crippen LogP) is 3.23. The minimum Gasteiger partial charge on any atom is -0.486 e. The zero-order valence-corrected chi connectivity index (χ0v) is 16.4. The van der Waals surface area contributed by atoms with E-state index in [9.17, 15) is 4.79 Å². The predicted molar refractivity (Wildman–Crippen MR) is 111 cm³/mol. The summed E-state index contributed by atoms with van der Waals surface area (Å²) in [7, 11) is 0. The van der Waals surface area contributed by atoms with Crippen molar-refractivity contribution >= 4 is 23.4 Å². The number of piperidine rings is 1. The molecular formula is C21H24ClN3O3. The number of nitrogens with one attached hydrogen (secondary N) is 1. The van der Waals surface area contributed by atoms with Gasteiger partial charge in [-0.3, -0.25) is 9.47 Å². The molecule has 1 fully saturated rings. The summed E-state index contributed by atoms with van der Waals surface area (Å²) in [6.45, 7) is 3.35. The first kappa shape index (κ1) is 18.9. The molecule has 1 aromatic heterocycles. The van der Waals surface area contributed by atoms with Crippen LogP contribution in [0.5, 0.6) is 11.5 Å². The van der Waals surface area contributed by atoms with Gasteiger partial charge in [0.25, 0.3) is 0 Å². The average Bonchev–Trinajstić information content (AvgIpc) is 3.04. The highest BCUT2D eigenvalue weighted by Crippen LogP contribution is 2.31. The standard InChI is InChI=1S/C21H23N3O3.ClH/c25-21-22-17-5-1-2-6-18(17)24(21)15-9-11-23(12-10-15)13-16-14-26-19-7-3-4-8-20(19)27-16;/h1-8,15-16H,9-14H2,(H,22,25);1H. The van der Waals surface area contributed by atoms with Crippen LogP contribution in [0, 0.1) is 0 Å². The second-order valence-electron chi connectivity index (χ2n) is 7.35. The fourth-order valence-electron chi connectivity index (χ4n) is 4.24. The Hall–Kier alpha value is -2.44. The minimum absolute atomic E-state index is 0. The summed E-state index contributed by atoms with van der Waals surface area (Å²) in [6.07, 6.45) is 1.98. The Morgan fingerprint density at radius 3 is 2.54 bits per heavy atom. The summed E-state index contributed by atoms with van der Waals surface area (Å²) < 4.78 is 13.8. The third-order valence-corrected chi connectivity index (χ3v) is 5.58. The molecule has 0 bridgehead atoms. The highest BCUT2D eigenvalue weighted by Gasteiger charge is 2.27. The largest absolute Gasteiger partial charge is 0.486 e. The van der Waals surface area contributed by atoms with Crippen molar-refractivity contribution < 1.29 is 9.47 Å². The molecule has 1 saturated heterocycles. The fraction of sp³-hybridized carbons (Fsp3) is 0.381. The van der Waals surface area contributed by atoms with Crippen molar-refractivity contribution in [1.82, 2.24) is 14.5 Å². The Labute approximate surface area is 169 Å². The van der Waals surface area contributed by atoms with Crippen molar-refractivity contribution in [3.05, 3.63) is 59.0 Å². The van der Waals surface area contributed by atoms with E-state index in [1.165, 1.54) is 0 Å². The molecule has 6 nitrogen and oxygen atoms in total. The number of nitrogens with zero attached hydrogens (tertiary/aromatic N) is 2. The molecule has 2 aliphatic rings. The number of imidazole rings is 1. The third kappa shape index (κ3) is 3.50. The lowest BCUT2D eigenvalue weighted by molar-refractivity contribution is 0.0485. The van der Waals surface area contributed by atoms with Crippen molar-refractivity contribution in [1.29, 1.82) is 0 Å². The molecule has 2 aliphatic heterocycles. The van der Waals surface area contributed by atoms with Gasteiger partial charge in [0.1, 0.15) is 12.7 Å². The van der Waals surface area contributed by atoms with Gasteiger partial charge in [-0.25, -0.2) is 4.79 Å². The summed E-state index contributed by atoms with van der Waals surface area (Å²) in [6, 6.07) is 16.0. The molecule has 3 heterocycles. The molecule has 0 amide bonds. The van der Waals surface area contributed by atoms with Gasteiger partial charge in [0.05, 0.1) is 11.0 Å².